The summed E-state index contributed by atoms with van der Waals surface area (Å²) >= 11 is 0. The smallest absolute Gasteiger partial charge is 0.327 e. The van der Waals surface area contributed by atoms with Crippen molar-refractivity contribution in [2.24, 2.45) is 13.0 Å². The molecular weight excluding hydrogens is 376 g/mol. The lowest BCUT2D eigenvalue weighted by Crippen LogP contribution is -2.25. The summed E-state index contributed by atoms with van der Waals surface area (Å²) in [5.74, 6) is 0.975. The van der Waals surface area contributed by atoms with Crippen LogP contribution in [0, 0.1) is 5.92 Å². The molecule has 2 aromatic carbocycles. The van der Waals surface area contributed by atoms with Gasteiger partial charge in [0.25, 0.3) is 5.91 Å². The van der Waals surface area contributed by atoms with Gasteiger partial charge in [0.1, 0.15) is 0 Å². The van der Waals surface area contributed by atoms with Gasteiger partial charge >= 0.3 is 5.69 Å². The minimum atomic E-state index is -0.198. The number of rotatable bonds is 5. The second-order valence-electron chi connectivity index (χ2n) is 7.88. The van der Waals surface area contributed by atoms with Gasteiger partial charge in [-0.25, -0.2) is 9.78 Å². The van der Waals surface area contributed by atoms with Crippen molar-refractivity contribution in [2.45, 2.75) is 12.3 Å². The van der Waals surface area contributed by atoms with Gasteiger partial charge in [-0.1, -0.05) is 42.5 Å². The Morgan fingerprint density at radius 2 is 1.97 bits per heavy atom. The Kier molecular flexibility index (Phi) is 4.47. The number of H-pyrrole nitrogens is 1. The summed E-state index contributed by atoms with van der Waals surface area (Å²) in [5, 5.41) is 3.08. The van der Waals surface area contributed by atoms with Crippen molar-refractivity contribution in [3.05, 3.63) is 88.5 Å². The molecule has 6 nitrogen and oxygen atoms in total. The lowest BCUT2D eigenvalue weighted by atomic mass is 10.0. The van der Waals surface area contributed by atoms with Gasteiger partial charge < -0.3 is 5.32 Å². The molecule has 1 aliphatic carbocycles. The van der Waals surface area contributed by atoms with Gasteiger partial charge in [0.15, 0.2) is 5.65 Å². The quantitative estimate of drug-likeness (QED) is 0.540. The van der Waals surface area contributed by atoms with E-state index in [2.05, 4.69) is 39.6 Å². The Balaban J connectivity index is 1.30. The number of pyridine rings is 1. The van der Waals surface area contributed by atoms with Gasteiger partial charge in [0.2, 0.25) is 0 Å². The fourth-order valence-corrected chi connectivity index (χ4v) is 4.01. The van der Waals surface area contributed by atoms with E-state index in [9.17, 15) is 9.59 Å². The molecule has 1 saturated carbocycles. The van der Waals surface area contributed by atoms with Crippen molar-refractivity contribution in [2.75, 3.05) is 6.54 Å². The summed E-state index contributed by atoms with van der Waals surface area (Å²) < 4.78 is 1.53. The number of amides is 1. The summed E-state index contributed by atoms with van der Waals surface area (Å²) in [7, 11) is 1.71. The summed E-state index contributed by atoms with van der Waals surface area (Å²) in [6, 6.07) is 19.9. The number of hydrogen-bond donors (Lipinski definition) is 2. The van der Waals surface area contributed by atoms with Crippen LogP contribution in [0.2, 0.25) is 0 Å². The monoisotopic (exact) mass is 398 g/mol. The largest absolute Gasteiger partial charge is 0.352 e. The second-order valence-corrected chi connectivity index (χ2v) is 7.88. The molecule has 2 unspecified atom stereocenters. The van der Waals surface area contributed by atoms with E-state index in [1.54, 1.807) is 13.2 Å². The number of aromatic amines is 1. The summed E-state index contributed by atoms with van der Waals surface area (Å²) in [5.41, 5.74) is 4.80. The van der Waals surface area contributed by atoms with Gasteiger partial charge in [-0.2, -0.15) is 0 Å². The molecule has 5 rings (SSSR count). The molecule has 0 saturated heterocycles. The molecule has 2 atom stereocenters. The van der Waals surface area contributed by atoms with Crippen LogP contribution < -0.4 is 11.0 Å². The molecule has 2 N–H and O–H groups in total. The average Bonchev–Trinajstić information content (AvgIpc) is 3.51. The van der Waals surface area contributed by atoms with Crippen molar-refractivity contribution in [3.63, 3.8) is 0 Å². The maximum atomic E-state index is 12.7. The van der Waals surface area contributed by atoms with Crippen molar-refractivity contribution in [3.8, 4) is 11.1 Å². The molecule has 1 amide bonds. The van der Waals surface area contributed by atoms with Gasteiger partial charge in [-0.3, -0.25) is 14.3 Å². The fraction of sp³-hybridized carbons (Fsp3) is 0.208. The minimum absolute atomic E-state index is 0.0707. The topological polar surface area (TPSA) is 79.8 Å². The van der Waals surface area contributed by atoms with Crippen LogP contribution in [0.1, 0.15) is 28.3 Å². The zero-order valence-corrected chi connectivity index (χ0v) is 16.6. The molecule has 4 aromatic rings. The van der Waals surface area contributed by atoms with Gasteiger partial charge in [0, 0.05) is 30.9 Å². The molecule has 6 heteroatoms. The maximum absolute atomic E-state index is 12.7. The Bertz CT molecular complexity index is 1290. The first-order chi connectivity index (χ1) is 14.6. The Morgan fingerprint density at radius 3 is 2.80 bits per heavy atom. The van der Waals surface area contributed by atoms with E-state index in [1.807, 2.05) is 36.4 Å². The first-order valence-electron chi connectivity index (χ1n) is 10.1. The number of carbonyl (C=O) groups is 1. The van der Waals surface area contributed by atoms with Crippen LogP contribution in [0.25, 0.3) is 22.3 Å². The molecule has 2 heterocycles. The molecule has 150 valence electrons. The molecule has 1 aliphatic rings. The molecule has 30 heavy (non-hydrogen) atoms. The van der Waals surface area contributed by atoms with Crippen LogP contribution in [0.3, 0.4) is 0 Å². The van der Waals surface area contributed by atoms with E-state index >= 15 is 0 Å². The number of aryl methyl sites for hydroxylation is 1. The Morgan fingerprint density at radius 1 is 1.13 bits per heavy atom. The number of imidazole rings is 1. The number of nitrogens with zero attached hydrogens (tertiary/aromatic N) is 2. The highest BCUT2D eigenvalue weighted by Gasteiger charge is 2.38. The van der Waals surface area contributed by atoms with Crippen molar-refractivity contribution in [1.29, 1.82) is 0 Å². The number of benzene rings is 2. The second kappa shape index (κ2) is 7.30. The summed E-state index contributed by atoms with van der Waals surface area (Å²) in [6.07, 6.45) is 2.83. The van der Waals surface area contributed by atoms with E-state index in [1.165, 1.54) is 10.1 Å². The van der Waals surface area contributed by atoms with Crippen molar-refractivity contribution >= 4 is 17.1 Å². The zero-order chi connectivity index (χ0) is 20.7. The van der Waals surface area contributed by atoms with Crippen LogP contribution in [-0.4, -0.2) is 27.0 Å². The number of fused-ring (bicyclic) bond motifs is 1. The van der Waals surface area contributed by atoms with E-state index in [4.69, 9.17) is 0 Å². The predicted octanol–water partition coefficient (Wildman–Crippen LogP) is 3.46. The number of nitrogens with one attached hydrogen (secondary N) is 2. The molecular formula is C24H22N4O2. The van der Waals surface area contributed by atoms with Crippen LogP contribution in [-0.2, 0) is 7.05 Å². The third-order valence-corrected chi connectivity index (χ3v) is 5.89. The molecule has 0 radical (unpaired) electrons. The summed E-state index contributed by atoms with van der Waals surface area (Å²) in [4.78, 5) is 31.5. The molecule has 2 aromatic heterocycles. The number of carbonyl (C=O) groups excluding carboxylic acids is 1. The Hall–Kier alpha value is -3.67. The van der Waals surface area contributed by atoms with Gasteiger partial charge in [-0.05, 0) is 47.6 Å². The van der Waals surface area contributed by atoms with Crippen LogP contribution in [0.15, 0.2) is 71.7 Å². The van der Waals surface area contributed by atoms with E-state index in [-0.39, 0.29) is 11.6 Å². The van der Waals surface area contributed by atoms with E-state index in [0.29, 0.717) is 29.6 Å². The number of aromatic nitrogens is 3. The third-order valence-electron chi connectivity index (χ3n) is 5.89. The van der Waals surface area contributed by atoms with Crippen molar-refractivity contribution in [1.82, 2.24) is 19.9 Å². The normalized spacial score (nSPS) is 17.8. The number of hydrogen-bond acceptors (Lipinski definition) is 3. The molecule has 0 spiro atoms. The molecule has 1 fully saturated rings. The van der Waals surface area contributed by atoms with Crippen LogP contribution in [0.5, 0.6) is 0 Å². The van der Waals surface area contributed by atoms with Gasteiger partial charge in [-0.15, -0.1) is 0 Å². The SMILES string of the molecule is Cn1c(=O)[nH]c2ncc(-c3cccc(C(=O)NCC4CC4c4ccccc4)c3)cc21. The first-order valence-corrected chi connectivity index (χ1v) is 10.1. The predicted molar refractivity (Wildman–Crippen MR) is 116 cm³/mol. The minimum Gasteiger partial charge on any atom is -0.352 e. The first kappa shape index (κ1) is 18.4. The van der Waals surface area contributed by atoms with Crippen LogP contribution in [0.4, 0.5) is 0 Å². The maximum Gasteiger partial charge on any atom is 0.327 e. The average molecular weight is 398 g/mol. The van der Waals surface area contributed by atoms with Crippen molar-refractivity contribution < 1.29 is 4.79 Å². The third kappa shape index (κ3) is 3.41. The highest BCUT2D eigenvalue weighted by Crippen LogP contribution is 2.46. The highest BCUT2D eigenvalue weighted by atomic mass is 16.2. The summed E-state index contributed by atoms with van der Waals surface area (Å²) in [6.45, 7) is 0.682. The fourth-order valence-electron chi connectivity index (χ4n) is 4.01. The molecule has 0 aliphatic heterocycles. The highest BCUT2D eigenvalue weighted by molar-refractivity contribution is 5.95. The zero-order valence-electron chi connectivity index (χ0n) is 16.6. The lowest BCUT2D eigenvalue weighted by molar-refractivity contribution is 0.0951. The lowest BCUT2D eigenvalue weighted by Gasteiger charge is -2.08. The van der Waals surface area contributed by atoms with E-state index in [0.717, 1.165) is 23.1 Å². The van der Waals surface area contributed by atoms with Crippen LogP contribution >= 0.6 is 0 Å². The molecule has 0 bridgehead atoms. The standard InChI is InChI=1S/C24H22N4O2/c1-28-21-12-18(13-25-22(21)27-24(28)30)16-8-5-9-17(10-16)23(29)26-14-19-11-20(19)15-6-3-2-4-7-15/h2-10,12-13,19-20H,11,14H2,1H3,(H,26,29)(H,25,27,30). The van der Waals surface area contributed by atoms with Gasteiger partial charge in [0.05, 0.1) is 5.52 Å². The Labute approximate surface area is 173 Å². The van der Waals surface area contributed by atoms with E-state index < -0.39 is 0 Å².